The molecule has 0 unspecified atom stereocenters. The minimum absolute atomic E-state index is 0.361. The molecule has 0 rings (SSSR count). The number of hydrogen-bond donors (Lipinski definition) is 0. The lowest BCUT2D eigenvalue weighted by Crippen LogP contribution is -2.10. The second-order valence-electron chi connectivity index (χ2n) is 2.20. The van der Waals surface area contributed by atoms with E-state index in [0.717, 1.165) is 18.2 Å². The van der Waals surface area contributed by atoms with Crippen LogP contribution in [-0.4, -0.2) is 24.2 Å². The largest absolute Gasteiger partial charge is 0.290 e. The molecule has 72 valence electrons. The van der Waals surface area contributed by atoms with Crippen molar-refractivity contribution in [2.75, 3.05) is 0 Å². The molecule has 0 bridgehead atoms. The molecule has 0 aliphatic heterocycles. The lowest BCUT2D eigenvalue weighted by Gasteiger charge is -1.95. The Hall–Kier alpha value is -2.10. The monoisotopic (exact) mass is 191 g/mol. The standard InChI is InChI=1S/C10H9NO3/c1-4-7(12)6-8(9(13)5-2)10(14)11-3/h4-6H,1-3H2. The van der Waals surface area contributed by atoms with Crippen LogP contribution in [0.3, 0.4) is 0 Å². The Labute approximate surface area is 81.3 Å². The molecule has 0 saturated heterocycles. The summed E-state index contributed by atoms with van der Waals surface area (Å²) in [5.41, 5.74) is -0.361. The summed E-state index contributed by atoms with van der Waals surface area (Å²) >= 11 is 0. The van der Waals surface area contributed by atoms with Crippen LogP contribution >= 0.6 is 0 Å². The average Bonchev–Trinajstić information content (AvgIpc) is 2.23. The van der Waals surface area contributed by atoms with Crippen LogP contribution in [0.2, 0.25) is 0 Å². The SMILES string of the molecule is C=CC(=O)C=C(C(=O)C=C)C(=O)N=C. The van der Waals surface area contributed by atoms with E-state index in [1.165, 1.54) is 0 Å². The van der Waals surface area contributed by atoms with Crippen LogP contribution in [0, 0.1) is 0 Å². The average molecular weight is 191 g/mol. The first-order chi connectivity index (χ1) is 6.56. The number of carbonyl (C=O) groups excluding carboxylic acids is 3. The summed E-state index contributed by atoms with van der Waals surface area (Å²) in [6.07, 6.45) is 2.76. The molecule has 0 N–H and O–H groups in total. The van der Waals surface area contributed by atoms with Crippen molar-refractivity contribution < 1.29 is 14.4 Å². The summed E-state index contributed by atoms with van der Waals surface area (Å²) in [4.78, 5) is 36.0. The smallest absolute Gasteiger partial charge is 0.280 e. The van der Waals surface area contributed by atoms with Gasteiger partial charge in [-0.2, -0.15) is 0 Å². The van der Waals surface area contributed by atoms with Gasteiger partial charge in [0, 0.05) is 6.08 Å². The van der Waals surface area contributed by atoms with Gasteiger partial charge in [0.05, 0.1) is 5.57 Å². The topological polar surface area (TPSA) is 63.6 Å². The second-order valence-corrected chi connectivity index (χ2v) is 2.20. The van der Waals surface area contributed by atoms with E-state index in [9.17, 15) is 14.4 Å². The second kappa shape index (κ2) is 5.53. The normalized spacial score (nSPS) is 10.1. The number of hydrogen-bond acceptors (Lipinski definition) is 3. The van der Waals surface area contributed by atoms with Gasteiger partial charge >= 0.3 is 0 Å². The van der Waals surface area contributed by atoms with Gasteiger partial charge in [-0.3, -0.25) is 14.4 Å². The zero-order valence-corrected chi connectivity index (χ0v) is 7.53. The fraction of sp³-hybridized carbons (Fsp3) is 0. The van der Waals surface area contributed by atoms with E-state index in [2.05, 4.69) is 24.9 Å². The Balaban J connectivity index is 5.19. The highest BCUT2D eigenvalue weighted by atomic mass is 16.2. The summed E-state index contributed by atoms with van der Waals surface area (Å²) in [7, 11) is 0. The lowest BCUT2D eigenvalue weighted by molar-refractivity contribution is -0.119. The maximum absolute atomic E-state index is 11.1. The first-order valence-corrected chi connectivity index (χ1v) is 3.62. The van der Waals surface area contributed by atoms with Gasteiger partial charge in [-0.25, -0.2) is 4.99 Å². The molecule has 0 aliphatic rings. The minimum atomic E-state index is -0.856. The summed E-state index contributed by atoms with van der Waals surface area (Å²) < 4.78 is 0. The van der Waals surface area contributed by atoms with Gasteiger partial charge in [-0.05, 0) is 18.9 Å². The van der Waals surface area contributed by atoms with Gasteiger partial charge in [0.2, 0.25) is 0 Å². The predicted molar refractivity (Wildman–Crippen MR) is 53.0 cm³/mol. The number of carbonyl (C=O) groups is 3. The quantitative estimate of drug-likeness (QED) is 0.277. The molecular formula is C10H9NO3. The fourth-order valence-electron chi connectivity index (χ4n) is 0.635. The van der Waals surface area contributed by atoms with Gasteiger partial charge in [-0.15, -0.1) is 0 Å². The third-order valence-electron chi connectivity index (χ3n) is 1.31. The van der Waals surface area contributed by atoms with E-state index >= 15 is 0 Å². The summed E-state index contributed by atoms with van der Waals surface area (Å²) in [5, 5.41) is 0. The van der Waals surface area contributed by atoms with Crippen molar-refractivity contribution in [3.63, 3.8) is 0 Å². The minimum Gasteiger partial charge on any atom is -0.290 e. The number of allylic oxidation sites excluding steroid dienone is 3. The third kappa shape index (κ3) is 3.10. The van der Waals surface area contributed by atoms with Crippen molar-refractivity contribution >= 4 is 24.2 Å². The summed E-state index contributed by atoms with van der Waals surface area (Å²) in [6, 6.07) is 0. The number of nitrogens with zero attached hydrogens (tertiary/aromatic N) is 1. The molecule has 0 aliphatic carbocycles. The Bertz CT molecular complexity index is 328. The lowest BCUT2D eigenvalue weighted by atomic mass is 10.1. The molecule has 4 heteroatoms. The van der Waals surface area contributed by atoms with Crippen LogP contribution in [-0.2, 0) is 14.4 Å². The molecule has 1 amide bonds. The van der Waals surface area contributed by atoms with Crippen molar-refractivity contribution in [2.45, 2.75) is 0 Å². The molecule has 0 aromatic carbocycles. The zero-order chi connectivity index (χ0) is 11.1. The Morgan fingerprint density at radius 2 is 1.64 bits per heavy atom. The Kier molecular flexibility index (Phi) is 4.70. The molecule has 0 radical (unpaired) electrons. The van der Waals surface area contributed by atoms with Gasteiger partial charge in [-0.1, -0.05) is 13.2 Å². The van der Waals surface area contributed by atoms with Crippen molar-refractivity contribution in [2.24, 2.45) is 4.99 Å². The molecule has 4 nitrogen and oxygen atoms in total. The number of aliphatic imine (C=N–C) groups is 1. The van der Waals surface area contributed by atoms with Gasteiger partial charge in [0.25, 0.3) is 5.91 Å². The molecule has 0 aromatic rings. The van der Waals surface area contributed by atoms with Crippen molar-refractivity contribution in [1.82, 2.24) is 0 Å². The Morgan fingerprint density at radius 1 is 1.07 bits per heavy atom. The first-order valence-electron chi connectivity index (χ1n) is 3.62. The van der Waals surface area contributed by atoms with E-state index in [1.807, 2.05) is 0 Å². The predicted octanol–water partition coefficient (Wildman–Crippen LogP) is 0.650. The molecule has 0 aromatic heterocycles. The Morgan fingerprint density at radius 3 is 2.00 bits per heavy atom. The molecule has 0 fully saturated rings. The van der Waals surface area contributed by atoms with Crippen LogP contribution in [0.5, 0.6) is 0 Å². The number of amides is 1. The van der Waals surface area contributed by atoms with Crippen LogP contribution in [0.1, 0.15) is 0 Å². The fourth-order valence-corrected chi connectivity index (χ4v) is 0.635. The molecule has 0 heterocycles. The van der Waals surface area contributed by atoms with Gasteiger partial charge in [0.15, 0.2) is 11.6 Å². The highest BCUT2D eigenvalue weighted by molar-refractivity contribution is 6.27. The van der Waals surface area contributed by atoms with Crippen molar-refractivity contribution in [3.05, 3.63) is 37.0 Å². The molecular weight excluding hydrogens is 182 g/mol. The molecule has 0 atom stereocenters. The van der Waals surface area contributed by atoms with Crippen LogP contribution in [0.15, 0.2) is 42.0 Å². The molecule has 14 heavy (non-hydrogen) atoms. The number of ketones is 2. The van der Waals surface area contributed by atoms with E-state index < -0.39 is 17.5 Å². The van der Waals surface area contributed by atoms with Gasteiger partial charge in [0.1, 0.15) is 0 Å². The van der Waals surface area contributed by atoms with E-state index in [4.69, 9.17) is 0 Å². The molecule has 0 saturated carbocycles. The van der Waals surface area contributed by atoms with Crippen LogP contribution in [0.25, 0.3) is 0 Å². The molecule has 0 spiro atoms. The zero-order valence-electron chi connectivity index (χ0n) is 7.53. The third-order valence-corrected chi connectivity index (χ3v) is 1.31. The first kappa shape index (κ1) is 11.9. The maximum Gasteiger partial charge on any atom is 0.280 e. The van der Waals surface area contributed by atoms with Crippen LogP contribution in [0.4, 0.5) is 0 Å². The summed E-state index contributed by atoms with van der Waals surface area (Å²) in [5.74, 6) is -2.07. The highest BCUT2D eigenvalue weighted by Crippen LogP contribution is 2.01. The maximum atomic E-state index is 11.1. The summed E-state index contributed by atoms with van der Waals surface area (Å²) in [6.45, 7) is 9.35. The van der Waals surface area contributed by atoms with Crippen LogP contribution < -0.4 is 0 Å². The van der Waals surface area contributed by atoms with Crippen molar-refractivity contribution in [1.29, 1.82) is 0 Å². The highest BCUT2D eigenvalue weighted by Gasteiger charge is 2.14. The van der Waals surface area contributed by atoms with Crippen molar-refractivity contribution in [3.8, 4) is 0 Å². The van der Waals surface area contributed by atoms with E-state index in [1.54, 1.807) is 0 Å². The van der Waals surface area contributed by atoms with Gasteiger partial charge < -0.3 is 0 Å². The van der Waals surface area contributed by atoms with E-state index in [-0.39, 0.29) is 5.57 Å². The van der Waals surface area contributed by atoms with E-state index in [0.29, 0.717) is 0 Å². The number of rotatable bonds is 5.